The number of thiophene rings is 2. The SMILES string of the molecule is FC1(F)C2=C3C=CSC3(c3cccs3)C3(c4cccs4)SCCC3=C2C(F)(F)C1(F)F. The van der Waals surface area contributed by atoms with Gasteiger partial charge in [0.25, 0.3) is 0 Å². The maximum Gasteiger partial charge on any atom is 0.380 e. The van der Waals surface area contributed by atoms with Gasteiger partial charge in [-0.1, -0.05) is 18.2 Å². The van der Waals surface area contributed by atoms with E-state index >= 15 is 17.6 Å². The van der Waals surface area contributed by atoms with Crippen LogP contribution in [0.1, 0.15) is 16.2 Å². The Morgan fingerprint density at radius 3 is 2.00 bits per heavy atom. The van der Waals surface area contributed by atoms with Gasteiger partial charge in [0.1, 0.15) is 4.75 Å². The fraction of sp³-hybridized carbons (Fsp3) is 0.333. The molecule has 4 heterocycles. The number of hydrogen-bond donors (Lipinski definition) is 0. The van der Waals surface area contributed by atoms with Crippen LogP contribution in [0.4, 0.5) is 26.3 Å². The van der Waals surface area contributed by atoms with Crippen LogP contribution in [-0.4, -0.2) is 23.5 Å². The average Bonchev–Trinajstić information content (AvgIpc) is 3.52. The quantitative estimate of drug-likeness (QED) is 0.381. The highest BCUT2D eigenvalue weighted by Crippen LogP contribution is 2.78. The summed E-state index contributed by atoms with van der Waals surface area (Å²) in [5, 5.41) is 5.18. The van der Waals surface area contributed by atoms with E-state index in [4.69, 9.17) is 0 Å². The van der Waals surface area contributed by atoms with Gasteiger partial charge in [0.2, 0.25) is 0 Å². The summed E-state index contributed by atoms with van der Waals surface area (Å²) in [5.41, 5.74) is -2.43. The molecule has 0 radical (unpaired) electrons. The molecule has 2 atom stereocenters. The van der Waals surface area contributed by atoms with E-state index in [9.17, 15) is 8.78 Å². The summed E-state index contributed by atoms with van der Waals surface area (Å²) < 4.78 is 87.6. The Bertz CT molecular complexity index is 1140. The molecule has 1 saturated heterocycles. The van der Waals surface area contributed by atoms with Gasteiger partial charge in [-0.05, 0) is 51.6 Å². The normalized spacial score (nSPS) is 34.3. The maximum absolute atomic E-state index is 15.2. The third-order valence-electron chi connectivity index (χ3n) is 6.42. The zero-order valence-electron chi connectivity index (χ0n) is 15.4. The lowest BCUT2D eigenvalue weighted by Gasteiger charge is -2.50. The van der Waals surface area contributed by atoms with Crippen molar-refractivity contribution >= 4 is 46.2 Å². The van der Waals surface area contributed by atoms with Crippen molar-refractivity contribution < 1.29 is 26.3 Å². The van der Waals surface area contributed by atoms with Crippen LogP contribution in [0.2, 0.25) is 0 Å². The Balaban J connectivity index is 1.83. The van der Waals surface area contributed by atoms with E-state index in [0.29, 0.717) is 15.5 Å². The van der Waals surface area contributed by atoms with Gasteiger partial charge in [-0.15, -0.1) is 46.2 Å². The highest BCUT2D eigenvalue weighted by molar-refractivity contribution is 8.06. The lowest BCUT2D eigenvalue weighted by atomic mass is 9.68. The molecule has 2 unspecified atom stereocenters. The summed E-state index contributed by atoms with van der Waals surface area (Å²) in [6, 6.07) is 7.13. The van der Waals surface area contributed by atoms with Gasteiger partial charge in [-0.2, -0.15) is 26.3 Å². The van der Waals surface area contributed by atoms with Crippen molar-refractivity contribution in [2.45, 2.75) is 33.7 Å². The third kappa shape index (κ3) is 2.01. The number of rotatable bonds is 2. The molecule has 2 aromatic rings. The Kier molecular flexibility index (Phi) is 4.01. The topological polar surface area (TPSA) is 0 Å². The zero-order valence-corrected chi connectivity index (χ0v) is 18.7. The van der Waals surface area contributed by atoms with Crippen LogP contribution in [0.3, 0.4) is 0 Å². The van der Waals surface area contributed by atoms with Crippen LogP contribution in [0.15, 0.2) is 68.8 Å². The Morgan fingerprint density at radius 1 is 0.774 bits per heavy atom. The molecule has 2 aromatic heterocycles. The minimum atomic E-state index is -5.49. The molecule has 2 fully saturated rings. The van der Waals surface area contributed by atoms with E-state index in [-0.39, 0.29) is 17.6 Å². The van der Waals surface area contributed by atoms with E-state index in [1.54, 1.807) is 40.4 Å². The van der Waals surface area contributed by atoms with Crippen molar-refractivity contribution in [3.05, 3.63) is 78.6 Å². The van der Waals surface area contributed by atoms with E-state index in [0.717, 1.165) is 0 Å². The van der Waals surface area contributed by atoms with Crippen molar-refractivity contribution in [1.82, 2.24) is 0 Å². The molecule has 4 aliphatic rings. The molecular formula is C21H12F6S4. The summed E-state index contributed by atoms with van der Waals surface area (Å²) in [7, 11) is 0. The van der Waals surface area contributed by atoms with Gasteiger partial charge in [0, 0.05) is 20.9 Å². The minimum Gasteiger partial charge on any atom is -0.194 e. The van der Waals surface area contributed by atoms with E-state index in [1.807, 2.05) is 0 Å². The van der Waals surface area contributed by atoms with Crippen LogP contribution in [0, 0.1) is 0 Å². The molecule has 0 N–H and O–H groups in total. The molecule has 6 rings (SSSR count). The fourth-order valence-corrected chi connectivity index (χ4v) is 11.1. The zero-order chi connectivity index (χ0) is 21.9. The second-order valence-corrected chi connectivity index (χ2v) is 12.0. The average molecular weight is 507 g/mol. The second-order valence-electron chi connectivity index (χ2n) is 7.70. The van der Waals surface area contributed by atoms with Crippen molar-refractivity contribution in [3.8, 4) is 0 Å². The van der Waals surface area contributed by atoms with Crippen LogP contribution in [-0.2, 0) is 9.49 Å². The molecule has 0 amide bonds. The molecule has 162 valence electrons. The van der Waals surface area contributed by atoms with E-state index < -0.39 is 38.4 Å². The van der Waals surface area contributed by atoms with Gasteiger partial charge in [-0.25, -0.2) is 0 Å². The Hall–Kier alpha value is -1.10. The second kappa shape index (κ2) is 6.07. The van der Waals surface area contributed by atoms with Crippen LogP contribution >= 0.6 is 46.2 Å². The first-order valence-corrected chi connectivity index (χ1v) is 13.0. The summed E-state index contributed by atoms with van der Waals surface area (Å²) in [6.45, 7) is 0. The molecule has 0 aromatic carbocycles. The number of thioether (sulfide) groups is 2. The number of halogens is 6. The Morgan fingerprint density at radius 2 is 1.39 bits per heavy atom. The lowest BCUT2D eigenvalue weighted by Crippen LogP contribution is -2.47. The van der Waals surface area contributed by atoms with Crippen molar-refractivity contribution in [2.75, 3.05) is 5.75 Å². The maximum atomic E-state index is 15.2. The molecule has 2 aliphatic carbocycles. The van der Waals surface area contributed by atoms with Crippen LogP contribution < -0.4 is 0 Å². The Labute approximate surface area is 190 Å². The van der Waals surface area contributed by atoms with Gasteiger partial charge in [0.05, 0.1) is 4.75 Å². The fourth-order valence-electron chi connectivity index (χ4n) is 5.29. The smallest absolute Gasteiger partial charge is 0.194 e. The molecule has 2 aliphatic heterocycles. The summed E-state index contributed by atoms with van der Waals surface area (Å²) in [6.07, 6.45) is 1.40. The van der Waals surface area contributed by atoms with Gasteiger partial charge in [-0.3, -0.25) is 0 Å². The van der Waals surface area contributed by atoms with Crippen LogP contribution in [0.25, 0.3) is 0 Å². The molecule has 0 bridgehead atoms. The summed E-state index contributed by atoms with van der Waals surface area (Å²) >= 11 is 5.32. The van der Waals surface area contributed by atoms with E-state index in [2.05, 4.69) is 0 Å². The van der Waals surface area contributed by atoms with Crippen LogP contribution in [0.5, 0.6) is 0 Å². The number of allylic oxidation sites excluding steroid dienone is 3. The van der Waals surface area contributed by atoms with Gasteiger partial charge >= 0.3 is 17.8 Å². The molecular weight excluding hydrogens is 494 g/mol. The first kappa shape index (κ1) is 20.5. The standard InChI is InChI=1S/C21H12F6S4/c22-19(23)15-11-5-9-30-17(11,13-3-1-7-28-13)18(14-4-2-8-29-14)12(6-10-31-18)16(15)20(24,25)21(19,26)27/h1-5,7-9H,6,10H2. The minimum absolute atomic E-state index is 0.0187. The highest BCUT2D eigenvalue weighted by Gasteiger charge is 2.85. The van der Waals surface area contributed by atoms with Crippen molar-refractivity contribution in [3.63, 3.8) is 0 Å². The number of hydrogen-bond acceptors (Lipinski definition) is 4. The molecule has 31 heavy (non-hydrogen) atoms. The highest BCUT2D eigenvalue weighted by atomic mass is 32.2. The lowest BCUT2D eigenvalue weighted by molar-refractivity contribution is -0.258. The van der Waals surface area contributed by atoms with Crippen molar-refractivity contribution in [2.24, 2.45) is 0 Å². The summed E-state index contributed by atoms with van der Waals surface area (Å²) in [4.78, 5) is 1.41. The van der Waals surface area contributed by atoms with E-state index in [1.165, 1.54) is 52.3 Å². The molecule has 10 heteroatoms. The largest absolute Gasteiger partial charge is 0.380 e. The van der Waals surface area contributed by atoms with Gasteiger partial charge < -0.3 is 0 Å². The molecule has 0 nitrogen and oxygen atoms in total. The van der Waals surface area contributed by atoms with Gasteiger partial charge in [0.15, 0.2) is 0 Å². The number of alkyl halides is 6. The molecule has 1 saturated carbocycles. The predicted octanol–water partition coefficient (Wildman–Crippen LogP) is 7.82. The first-order valence-electron chi connectivity index (χ1n) is 9.33. The predicted molar refractivity (Wildman–Crippen MR) is 115 cm³/mol. The first-order chi connectivity index (χ1) is 14.6. The molecule has 0 spiro atoms. The van der Waals surface area contributed by atoms with Crippen molar-refractivity contribution in [1.29, 1.82) is 0 Å². The monoisotopic (exact) mass is 506 g/mol. The third-order valence-corrected chi connectivity index (χ3v) is 11.8. The summed E-state index contributed by atoms with van der Waals surface area (Å²) in [5.74, 6) is -15.0. The number of fused-ring (bicyclic) bond motifs is 4.